The van der Waals surface area contributed by atoms with Crippen LogP contribution in [0.1, 0.15) is 44.6 Å². The number of nitrogens with zero attached hydrogens (tertiary/aromatic N) is 2. The van der Waals surface area contributed by atoms with E-state index in [0.29, 0.717) is 0 Å². The van der Waals surface area contributed by atoms with E-state index in [4.69, 9.17) is 0 Å². The number of nitrogens with one attached hydrogen (secondary N) is 1. The van der Waals surface area contributed by atoms with Crippen molar-refractivity contribution in [3.05, 3.63) is 45.7 Å². The highest BCUT2D eigenvalue weighted by molar-refractivity contribution is 9.10. The van der Waals surface area contributed by atoms with Crippen molar-refractivity contribution in [3.63, 3.8) is 0 Å². The predicted octanol–water partition coefficient (Wildman–Crippen LogP) is 4.65. The standard InChI is InChI=1S/C17H24BrN3/c1-6-14-16(18)15(21(5)20-14)11-19-13-9-7-12(8-10-13)17(2,3)4/h7-10,19H,6,11H2,1-5H3. The zero-order chi connectivity index (χ0) is 15.6. The number of aryl methyl sites for hydroxylation is 2. The maximum Gasteiger partial charge on any atom is 0.0767 e. The van der Waals surface area contributed by atoms with Crippen LogP contribution in [-0.4, -0.2) is 9.78 Å². The number of hydrogen-bond donors (Lipinski definition) is 1. The molecule has 0 spiro atoms. The lowest BCUT2D eigenvalue weighted by atomic mass is 9.87. The first-order valence-corrected chi connectivity index (χ1v) is 8.17. The average Bonchev–Trinajstić information content (AvgIpc) is 2.70. The Morgan fingerprint density at radius 1 is 1.19 bits per heavy atom. The first kappa shape index (κ1) is 16.1. The number of rotatable bonds is 4. The number of hydrogen-bond acceptors (Lipinski definition) is 2. The number of anilines is 1. The van der Waals surface area contributed by atoms with Crippen LogP contribution in [0.3, 0.4) is 0 Å². The van der Waals surface area contributed by atoms with Crippen LogP contribution in [0, 0.1) is 0 Å². The van der Waals surface area contributed by atoms with Gasteiger partial charge in [0.25, 0.3) is 0 Å². The van der Waals surface area contributed by atoms with Crippen LogP contribution in [0.5, 0.6) is 0 Å². The largest absolute Gasteiger partial charge is 0.379 e. The summed E-state index contributed by atoms with van der Waals surface area (Å²) in [5.74, 6) is 0. The third-order valence-corrected chi connectivity index (χ3v) is 4.63. The second kappa shape index (κ2) is 6.22. The highest BCUT2D eigenvalue weighted by Crippen LogP contribution is 2.25. The first-order valence-electron chi connectivity index (χ1n) is 7.37. The zero-order valence-electron chi connectivity index (χ0n) is 13.5. The molecule has 1 aromatic heterocycles. The van der Waals surface area contributed by atoms with Gasteiger partial charge < -0.3 is 5.32 Å². The molecule has 114 valence electrons. The highest BCUT2D eigenvalue weighted by Gasteiger charge is 2.14. The van der Waals surface area contributed by atoms with E-state index in [1.165, 1.54) is 11.3 Å². The summed E-state index contributed by atoms with van der Waals surface area (Å²) in [6, 6.07) is 8.67. The van der Waals surface area contributed by atoms with Gasteiger partial charge in [0.2, 0.25) is 0 Å². The molecule has 0 fully saturated rings. The van der Waals surface area contributed by atoms with Gasteiger partial charge in [-0.1, -0.05) is 39.8 Å². The Balaban J connectivity index is 2.08. The van der Waals surface area contributed by atoms with Gasteiger partial charge in [0.05, 0.1) is 22.4 Å². The van der Waals surface area contributed by atoms with E-state index in [1.54, 1.807) is 0 Å². The van der Waals surface area contributed by atoms with Crippen molar-refractivity contribution in [2.45, 2.75) is 46.1 Å². The van der Waals surface area contributed by atoms with Gasteiger partial charge in [-0.05, 0) is 45.5 Å². The van der Waals surface area contributed by atoms with Crippen molar-refractivity contribution in [1.82, 2.24) is 9.78 Å². The summed E-state index contributed by atoms with van der Waals surface area (Å²) in [4.78, 5) is 0. The highest BCUT2D eigenvalue weighted by atomic mass is 79.9. The topological polar surface area (TPSA) is 29.9 Å². The van der Waals surface area contributed by atoms with Gasteiger partial charge in [-0.3, -0.25) is 4.68 Å². The fraction of sp³-hybridized carbons (Fsp3) is 0.471. The molecule has 0 aliphatic heterocycles. The fourth-order valence-electron chi connectivity index (χ4n) is 2.29. The van der Waals surface area contributed by atoms with Gasteiger partial charge in [0.15, 0.2) is 0 Å². The predicted molar refractivity (Wildman–Crippen MR) is 92.8 cm³/mol. The number of halogens is 1. The molecule has 0 saturated heterocycles. The number of aromatic nitrogens is 2. The lowest BCUT2D eigenvalue weighted by Crippen LogP contribution is -2.11. The second-order valence-corrected chi connectivity index (χ2v) is 7.16. The third-order valence-electron chi connectivity index (χ3n) is 3.71. The normalized spacial score (nSPS) is 11.7. The van der Waals surface area contributed by atoms with Crippen molar-refractivity contribution in [2.75, 3.05) is 5.32 Å². The van der Waals surface area contributed by atoms with E-state index in [2.05, 4.69) is 78.3 Å². The van der Waals surface area contributed by atoms with Gasteiger partial charge in [-0.15, -0.1) is 0 Å². The molecule has 0 unspecified atom stereocenters. The van der Waals surface area contributed by atoms with Crippen LogP contribution < -0.4 is 5.32 Å². The van der Waals surface area contributed by atoms with Gasteiger partial charge in [0.1, 0.15) is 0 Å². The van der Waals surface area contributed by atoms with Gasteiger partial charge in [-0.25, -0.2) is 0 Å². The molecule has 0 bridgehead atoms. The molecule has 4 heteroatoms. The summed E-state index contributed by atoms with van der Waals surface area (Å²) in [5.41, 5.74) is 4.96. The van der Waals surface area contributed by atoms with Crippen molar-refractivity contribution in [3.8, 4) is 0 Å². The Kier molecular flexibility index (Phi) is 4.77. The molecule has 1 N–H and O–H groups in total. The van der Waals surface area contributed by atoms with E-state index in [9.17, 15) is 0 Å². The quantitative estimate of drug-likeness (QED) is 0.870. The molecule has 1 heterocycles. The molecule has 0 aliphatic rings. The summed E-state index contributed by atoms with van der Waals surface area (Å²) < 4.78 is 3.06. The molecule has 0 saturated carbocycles. The molecule has 2 aromatic rings. The van der Waals surface area contributed by atoms with Crippen molar-refractivity contribution < 1.29 is 0 Å². The summed E-state index contributed by atoms with van der Waals surface area (Å²) in [5, 5.41) is 7.98. The molecule has 0 atom stereocenters. The van der Waals surface area contributed by atoms with Gasteiger partial charge >= 0.3 is 0 Å². The molecule has 2 rings (SSSR count). The summed E-state index contributed by atoms with van der Waals surface area (Å²) in [7, 11) is 1.99. The molecule has 0 aliphatic carbocycles. The fourth-order valence-corrected chi connectivity index (χ4v) is 3.04. The van der Waals surface area contributed by atoms with Gasteiger partial charge in [0, 0.05) is 12.7 Å². The summed E-state index contributed by atoms with van der Waals surface area (Å²) in [6.07, 6.45) is 0.939. The zero-order valence-corrected chi connectivity index (χ0v) is 15.1. The van der Waals surface area contributed by atoms with E-state index in [0.717, 1.165) is 28.8 Å². The lowest BCUT2D eigenvalue weighted by molar-refractivity contribution is 0.590. The Morgan fingerprint density at radius 2 is 1.81 bits per heavy atom. The third kappa shape index (κ3) is 3.67. The molecule has 21 heavy (non-hydrogen) atoms. The van der Waals surface area contributed by atoms with Crippen LogP contribution >= 0.6 is 15.9 Å². The van der Waals surface area contributed by atoms with Crippen molar-refractivity contribution >= 4 is 21.6 Å². The molecular weight excluding hydrogens is 326 g/mol. The van der Waals surface area contributed by atoms with Crippen LogP contribution in [0.2, 0.25) is 0 Å². The van der Waals surface area contributed by atoms with E-state index < -0.39 is 0 Å². The molecule has 0 radical (unpaired) electrons. The number of benzene rings is 1. The van der Waals surface area contributed by atoms with Crippen LogP contribution in [0.15, 0.2) is 28.7 Å². The lowest BCUT2D eigenvalue weighted by Gasteiger charge is -2.19. The molecular formula is C17H24BrN3. The Morgan fingerprint density at radius 3 is 2.29 bits per heavy atom. The minimum absolute atomic E-state index is 0.194. The second-order valence-electron chi connectivity index (χ2n) is 6.37. The average molecular weight is 350 g/mol. The van der Waals surface area contributed by atoms with E-state index in [1.807, 2.05) is 11.7 Å². The SMILES string of the molecule is CCc1nn(C)c(CNc2ccc(C(C)(C)C)cc2)c1Br. The van der Waals surface area contributed by atoms with E-state index >= 15 is 0 Å². The van der Waals surface area contributed by atoms with Gasteiger partial charge in [-0.2, -0.15) is 5.10 Å². The Bertz CT molecular complexity index is 606. The minimum Gasteiger partial charge on any atom is -0.379 e. The van der Waals surface area contributed by atoms with Crippen LogP contribution in [-0.2, 0) is 25.4 Å². The first-order chi connectivity index (χ1) is 9.82. The molecule has 0 amide bonds. The van der Waals surface area contributed by atoms with Crippen molar-refractivity contribution in [2.24, 2.45) is 7.05 Å². The van der Waals surface area contributed by atoms with Crippen LogP contribution in [0.25, 0.3) is 0 Å². The summed E-state index contributed by atoms with van der Waals surface area (Å²) in [6.45, 7) is 9.58. The maximum atomic E-state index is 4.52. The molecule has 1 aromatic carbocycles. The maximum absolute atomic E-state index is 4.52. The summed E-state index contributed by atoms with van der Waals surface area (Å²) >= 11 is 3.65. The molecule has 3 nitrogen and oxygen atoms in total. The monoisotopic (exact) mass is 349 g/mol. The Hall–Kier alpha value is -1.29. The Labute approximate surface area is 135 Å². The van der Waals surface area contributed by atoms with E-state index in [-0.39, 0.29) is 5.41 Å². The minimum atomic E-state index is 0.194. The van der Waals surface area contributed by atoms with Crippen molar-refractivity contribution in [1.29, 1.82) is 0 Å². The van der Waals surface area contributed by atoms with Crippen LogP contribution in [0.4, 0.5) is 5.69 Å². The smallest absolute Gasteiger partial charge is 0.0767 e.